The van der Waals surface area contributed by atoms with E-state index >= 15 is 0 Å². The summed E-state index contributed by atoms with van der Waals surface area (Å²) in [6.45, 7) is 1.53. The van der Waals surface area contributed by atoms with E-state index in [0.29, 0.717) is 0 Å². The highest BCUT2D eigenvalue weighted by Crippen LogP contribution is 2.33. The van der Waals surface area contributed by atoms with Crippen LogP contribution >= 0.6 is 0 Å². The molecule has 6 aromatic heterocycles. The lowest BCUT2D eigenvalue weighted by atomic mass is 10.0. The second kappa shape index (κ2) is 9.92. The second-order valence-corrected chi connectivity index (χ2v) is 9.40. The minimum atomic E-state index is 0.725. The van der Waals surface area contributed by atoms with Gasteiger partial charge >= 0.3 is 0 Å². The maximum Gasteiger partial charge on any atom is 0.155 e. The van der Waals surface area contributed by atoms with Crippen LogP contribution in [0, 0.1) is 0 Å². The van der Waals surface area contributed by atoms with Crippen LogP contribution in [-0.4, -0.2) is 35.1 Å². The first-order valence-corrected chi connectivity index (χ1v) is 12.7. The van der Waals surface area contributed by atoms with Crippen LogP contribution < -0.4 is 5.32 Å². The average Bonchev–Trinajstić information content (AvgIpc) is 3.62. The molecular weight excluding hydrogens is 484 g/mol. The fourth-order valence-corrected chi connectivity index (χ4v) is 4.89. The van der Waals surface area contributed by atoms with Crippen LogP contribution in [0.1, 0.15) is 11.1 Å². The Morgan fingerprint density at radius 1 is 0.641 bits per heavy atom. The van der Waals surface area contributed by atoms with E-state index in [1.165, 1.54) is 5.56 Å². The van der Waals surface area contributed by atoms with Crippen LogP contribution in [0.15, 0.2) is 104 Å². The zero-order chi connectivity index (χ0) is 26.0. The van der Waals surface area contributed by atoms with Crippen molar-refractivity contribution in [2.45, 2.75) is 13.1 Å². The molecule has 0 fully saturated rings. The van der Waals surface area contributed by atoms with Crippen molar-refractivity contribution < 1.29 is 0 Å². The molecule has 0 aliphatic carbocycles. The number of fused-ring (bicyclic) bond motifs is 2. The summed E-state index contributed by atoms with van der Waals surface area (Å²) in [6.07, 6.45) is 11.0. The van der Waals surface area contributed by atoms with E-state index in [-0.39, 0.29) is 0 Å². The molecule has 39 heavy (non-hydrogen) atoms. The lowest BCUT2D eigenvalue weighted by Gasteiger charge is -2.07. The number of nitrogens with one attached hydrogen (secondary N) is 3. The molecule has 8 nitrogen and oxygen atoms in total. The summed E-state index contributed by atoms with van der Waals surface area (Å²) in [7, 11) is 0. The van der Waals surface area contributed by atoms with E-state index in [2.05, 4.69) is 82.9 Å². The van der Waals surface area contributed by atoms with Crippen LogP contribution in [0.4, 0.5) is 0 Å². The van der Waals surface area contributed by atoms with Crippen molar-refractivity contribution in [2.75, 3.05) is 0 Å². The monoisotopic (exact) mass is 508 g/mol. The lowest BCUT2D eigenvalue weighted by molar-refractivity contribution is 0.691. The Morgan fingerprint density at radius 2 is 1.49 bits per heavy atom. The largest absolute Gasteiger partial charge is 0.338 e. The molecule has 0 aliphatic heterocycles. The SMILES string of the molecule is c1ccc(CNCc2cncc(-c3cnc4[nH]nc(-c5cc6c(-c7ccncc7)ccnc6[nH]5)c4c3)c2)cc1. The van der Waals surface area contributed by atoms with Gasteiger partial charge < -0.3 is 10.3 Å². The van der Waals surface area contributed by atoms with Crippen molar-refractivity contribution in [3.8, 4) is 33.6 Å². The number of rotatable bonds is 7. The first-order chi connectivity index (χ1) is 19.3. The molecule has 0 atom stereocenters. The van der Waals surface area contributed by atoms with Crippen LogP contribution in [0.25, 0.3) is 55.7 Å². The van der Waals surface area contributed by atoms with Gasteiger partial charge in [0.2, 0.25) is 0 Å². The Balaban J connectivity index is 1.20. The Hall–Kier alpha value is -5.21. The molecule has 0 radical (unpaired) electrons. The van der Waals surface area contributed by atoms with E-state index in [0.717, 1.165) is 74.4 Å². The maximum atomic E-state index is 4.66. The summed E-state index contributed by atoms with van der Waals surface area (Å²) < 4.78 is 0. The van der Waals surface area contributed by atoms with E-state index in [1.807, 2.05) is 49.1 Å². The number of aromatic amines is 2. The summed E-state index contributed by atoms with van der Waals surface area (Å²) in [4.78, 5) is 21.3. The summed E-state index contributed by atoms with van der Waals surface area (Å²) >= 11 is 0. The van der Waals surface area contributed by atoms with Gasteiger partial charge in [0, 0.05) is 72.2 Å². The van der Waals surface area contributed by atoms with E-state index in [4.69, 9.17) is 0 Å². The summed E-state index contributed by atoms with van der Waals surface area (Å²) in [5, 5.41) is 13.1. The summed E-state index contributed by atoms with van der Waals surface area (Å²) in [5.74, 6) is 0. The Morgan fingerprint density at radius 3 is 2.38 bits per heavy atom. The van der Waals surface area contributed by atoms with E-state index < -0.39 is 0 Å². The van der Waals surface area contributed by atoms with Crippen LogP contribution in [-0.2, 0) is 13.1 Å². The molecule has 3 N–H and O–H groups in total. The van der Waals surface area contributed by atoms with Gasteiger partial charge in [-0.2, -0.15) is 5.10 Å². The van der Waals surface area contributed by atoms with E-state index in [9.17, 15) is 0 Å². The molecule has 8 heteroatoms. The molecule has 7 aromatic rings. The lowest BCUT2D eigenvalue weighted by Crippen LogP contribution is -2.12. The third kappa shape index (κ3) is 4.54. The van der Waals surface area contributed by atoms with Gasteiger partial charge in [0.1, 0.15) is 11.3 Å². The van der Waals surface area contributed by atoms with Gasteiger partial charge in [-0.15, -0.1) is 0 Å². The van der Waals surface area contributed by atoms with Crippen LogP contribution in [0.5, 0.6) is 0 Å². The van der Waals surface area contributed by atoms with Crippen molar-refractivity contribution in [3.05, 3.63) is 115 Å². The number of hydrogen-bond donors (Lipinski definition) is 3. The molecule has 0 aliphatic rings. The highest BCUT2D eigenvalue weighted by Gasteiger charge is 2.15. The molecule has 188 valence electrons. The first kappa shape index (κ1) is 22.9. The van der Waals surface area contributed by atoms with Gasteiger partial charge in [0.05, 0.1) is 5.69 Å². The van der Waals surface area contributed by atoms with Gasteiger partial charge in [0.25, 0.3) is 0 Å². The average molecular weight is 509 g/mol. The third-order valence-electron chi connectivity index (χ3n) is 6.82. The molecule has 0 unspecified atom stereocenters. The predicted molar refractivity (Wildman–Crippen MR) is 152 cm³/mol. The number of hydrogen-bond acceptors (Lipinski definition) is 6. The topological polar surface area (TPSA) is 108 Å². The molecular formula is C31H24N8. The highest BCUT2D eigenvalue weighted by atomic mass is 15.2. The van der Waals surface area contributed by atoms with Gasteiger partial charge in [-0.1, -0.05) is 30.3 Å². The normalized spacial score (nSPS) is 11.4. The minimum Gasteiger partial charge on any atom is -0.338 e. The Kier molecular flexibility index (Phi) is 5.84. The number of H-pyrrole nitrogens is 2. The Labute approximate surface area is 224 Å². The molecule has 0 amide bonds. The molecule has 6 heterocycles. The minimum absolute atomic E-state index is 0.725. The molecule has 1 aromatic carbocycles. The van der Waals surface area contributed by atoms with Gasteiger partial charge in [-0.3, -0.25) is 15.1 Å². The quantitative estimate of drug-likeness (QED) is 0.247. The fourth-order valence-electron chi connectivity index (χ4n) is 4.89. The van der Waals surface area contributed by atoms with Gasteiger partial charge in [-0.05, 0) is 58.7 Å². The summed E-state index contributed by atoms with van der Waals surface area (Å²) in [5.41, 5.74) is 9.74. The van der Waals surface area contributed by atoms with Crippen molar-refractivity contribution in [2.24, 2.45) is 0 Å². The smallest absolute Gasteiger partial charge is 0.155 e. The third-order valence-corrected chi connectivity index (χ3v) is 6.82. The molecule has 7 rings (SSSR count). The second-order valence-electron chi connectivity index (χ2n) is 9.40. The van der Waals surface area contributed by atoms with Crippen LogP contribution in [0.3, 0.4) is 0 Å². The molecule has 0 saturated heterocycles. The number of aromatic nitrogens is 7. The van der Waals surface area contributed by atoms with Gasteiger partial charge in [0.15, 0.2) is 5.65 Å². The van der Waals surface area contributed by atoms with Crippen molar-refractivity contribution >= 4 is 22.1 Å². The molecule has 0 spiro atoms. The zero-order valence-corrected chi connectivity index (χ0v) is 21.0. The Bertz CT molecular complexity index is 1890. The standard InChI is InChI=1S/C31H24N8/c1-2-4-20(5-3-1)15-33-16-21-12-23(18-34-17-21)24-13-27-29(38-39-31(27)36-19-24)28-14-26-25(8-11-35-30(26)37-28)22-6-9-32-10-7-22/h1-14,17-19,33H,15-16H2,(H,35,37)(H,36,38,39). The molecule has 0 bridgehead atoms. The van der Waals surface area contributed by atoms with Gasteiger partial charge in [-0.25, -0.2) is 9.97 Å². The summed E-state index contributed by atoms with van der Waals surface area (Å²) in [6, 6.07) is 22.8. The fraction of sp³-hybridized carbons (Fsp3) is 0.0645. The van der Waals surface area contributed by atoms with Crippen LogP contribution in [0.2, 0.25) is 0 Å². The number of nitrogens with zero attached hydrogens (tertiary/aromatic N) is 5. The zero-order valence-electron chi connectivity index (χ0n) is 21.0. The van der Waals surface area contributed by atoms with Crippen molar-refractivity contribution in [3.63, 3.8) is 0 Å². The van der Waals surface area contributed by atoms with Crippen molar-refractivity contribution in [1.82, 2.24) is 40.4 Å². The maximum absolute atomic E-state index is 4.66. The molecule has 0 saturated carbocycles. The first-order valence-electron chi connectivity index (χ1n) is 12.7. The number of pyridine rings is 4. The number of benzene rings is 1. The highest BCUT2D eigenvalue weighted by molar-refractivity contribution is 5.99. The van der Waals surface area contributed by atoms with E-state index in [1.54, 1.807) is 12.4 Å². The van der Waals surface area contributed by atoms with Crippen molar-refractivity contribution in [1.29, 1.82) is 0 Å². The predicted octanol–water partition coefficient (Wildman–Crippen LogP) is 5.92.